The number of hydrogen-bond donors (Lipinski definition) is 1. The zero-order valence-electron chi connectivity index (χ0n) is 13.2. The second-order valence-electron chi connectivity index (χ2n) is 7.03. The molecule has 1 N–H and O–H groups in total. The fourth-order valence-electron chi connectivity index (χ4n) is 4.42. The van der Waals surface area contributed by atoms with Crippen molar-refractivity contribution in [2.24, 2.45) is 10.9 Å². The molecule has 1 aromatic heterocycles. The number of ether oxygens (including phenoxy) is 1. The van der Waals surface area contributed by atoms with Crippen LogP contribution in [0.4, 0.5) is 5.69 Å². The van der Waals surface area contributed by atoms with Crippen molar-refractivity contribution in [3.05, 3.63) is 40.1 Å². The molecule has 1 aromatic carbocycles. The normalized spacial score (nSPS) is 30.2. The molecule has 6 rings (SSSR count). The summed E-state index contributed by atoms with van der Waals surface area (Å²) in [5.74, 6) is 1.18. The Bertz CT molecular complexity index is 872. The first-order valence-corrected chi connectivity index (χ1v) is 8.36. The zero-order chi connectivity index (χ0) is 16.3. The van der Waals surface area contributed by atoms with Gasteiger partial charge >= 0.3 is 0 Å². The topological polar surface area (TPSA) is 83.8 Å². The van der Waals surface area contributed by atoms with Crippen molar-refractivity contribution in [1.82, 2.24) is 9.88 Å². The Morgan fingerprint density at radius 1 is 1.36 bits per heavy atom. The van der Waals surface area contributed by atoms with Gasteiger partial charge in [-0.25, -0.2) is 4.99 Å². The lowest BCUT2D eigenvalue weighted by molar-refractivity contribution is -0.384. The van der Waals surface area contributed by atoms with Gasteiger partial charge in [0, 0.05) is 41.7 Å². The van der Waals surface area contributed by atoms with E-state index in [1.54, 1.807) is 12.1 Å². The van der Waals surface area contributed by atoms with Crippen LogP contribution in [-0.4, -0.2) is 60.9 Å². The van der Waals surface area contributed by atoms with Crippen LogP contribution in [0.1, 0.15) is 18.4 Å². The Morgan fingerprint density at radius 2 is 2.16 bits per heavy atom. The third-order valence-corrected chi connectivity index (χ3v) is 5.72. The lowest BCUT2D eigenvalue weighted by Gasteiger charge is -2.50. The molecule has 0 aliphatic carbocycles. The second kappa shape index (κ2) is 5.59. The highest BCUT2D eigenvalue weighted by molar-refractivity contribution is 6.08. The number of nitro benzene ring substituents is 1. The molecule has 4 aliphatic rings. The number of nitrogens with zero attached hydrogens (tertiary/aromatic N) is 3. The van der Waals surface area contributed by atoms with E-state index in [1.807, 2.05) is 6.20 Å². The second-order valence-corrected chi connectivity index (χ2v) is 7.03. The van der Waals surface area contributed by atoms with E-state index in [1.165, 1.54) is 18.9 Å². The average Bonchev–Trinajstić information content (AvgIpc) is 3.19. The number of aliphatic imine (C=N–C) groups is 1. The first kappa shape index (κ1) is 16.1. The highest BCUT2D eigenvalue weighted by Gasteiger charge is 2.51. The number of nitro groups is 1. The first-order valence-electron chi connectivity index (χ1n) is 8.36. The predicted molar refractivity (Wildman–Crippen MR) is 99.3 cm³/mol. The largest absolute Gasteiger partial charge is 0.467 e. The zero-order valence-corrected chi connectivity index (χ0v) is 13.2. The van der Waals surface area contributed by atoms with Gasteiger partial charge in [0.1, 0.15) is 5.60 Å². The van der Waals surface area contributed by atoms with E-state index in [9.17, 15) is 10.1 Å². The summed E-state index contributed by atoms with van der Waals surface area (Å²) in [6.45, 7) is 3.94. The number of hydrogen-bond acceptors (Lipinski definition) is 5. The molecule has 7 nitrogen and oxygen atoms in total. The van der Waals surface area contributed by atoms with Crippen molar-refractivity contribution in [3.63, 3.8) is 0 Å². The van der Waals surface area contributed by atoms with Gasteiger partial charge in [-0.1, -0.05) is 0 Å². The molecule has 4 aliphatic heterocycles. The van der Waals surface area contributed by atoms with Crippen LogP contribution in [0.5, 0.6) is 0 Å². The lowest BCUT2D eigenvalue weighted by Crippen LogP contribution is -2.60. The summed E-state index contributed by atoms with van der Waals surface area (Å²) in [7, 11) is 0. The molecular weight excluding hydrogens is 319 g/mol. The predicted octanol–water partition coefficient (Wildman–Crippen LogP) is 1.13. The number of rotatable bonds is 2. The van der Waals surface area contributed by atoms with Crippen LogP contribution in [0.25, 0.3) is 10.9 Å². The Labute approximate surface area is 146 Å². The third-order valence-electron chi connectivity index (χ3n) is 5.72. The van der Waals surface area contributed by atoms with E-state index < -0.39 is 0 Å². The Kier molecular flexibility index (Phi) is 3.61. The molecular formula is C17H21BN4O3. The minimum Gasteiger partial charge on any atom is -0.467 e. The number of nitrogens with one attached hydrogen (secondary N) is 1. The van der Waals surface area contributed by atoms with Gasteiger partial charge in [-0.15, -0.1) is 0 Å². The minimum atomic E-state index is -0.373. The number of non-ortho nitro benzene ring substituents is 1. The number of aromatic nitrogens is 1. The number of H-pyrrole nitrogens is 1. The van der Waals surface area contributed by atoms with Gasteiger partial charge in [0.05, 0.1) is 25.4 Å². The molecule has 1 spiro atoms. The molecule has 0 saturated carbocycles. The Balaban J connectivity index is 0.00000157. The fourth-order valence-corrected chi connectivity index (χ4v) is 4.42. The van der Waals surface area contributed by atoms with Gasteiger partial charge in [-0.3, -0.25) is 15.0 Å². The highest BCUT2D eigenvalue weighted by atomic mass is 16.6. The van der Waals surface area contributed by atoms with Crippen molar-refractivity contribution in [1.29, 1.82) is 0 Å². The van der Waals surface area contributed by atoms with E-state index in [0.717, 1.165) is 36.1 Å². The van der Waals surface area contributed by atoms with E-state index in [2.05, 4.69) is 14.9 Å². The van der Waals surface area contributed by atoms with Gasteiger partial charge in [-0.2, -0.15) is 0 Å². The molecule has 25 heavy (non-hydrogen) atoms. The van der Waals surface area contributed by atoms with Crippen molar-refractivity contribution >= 4 is 30.9 Å². The first-order chi connectivity index (χ1) is 11.6. The molecule has 0 radical (unpaired) electrons. The molecule has 3 saturated heterocycles. The molecule has 5 heterocycles. The number of fused-ring (bicyclic) bond motifs is 3. The third kappa shape index (κ3) is 2.35. The molecule has 3 fully saturated rings. The lowest BCUT2D eigenvalue weighted by atomic mass is 9.75. The maximum atomic E-state index is 11.1. The Hall–Kier alpha value is -2.35. The molecule has 2 bridgehead atoms. The van der Waals surface area contributed by atoms with Gasteiger partial charge in [-0.05, 0) is 32.0 Å². The molecule has 1 unspecified atom stereocenters. The summed E-state index contributed by atoms with van der Waals surface area (Å²) in [6.07, 6.45) is 4.18. The molecule has 8 heteroatoms. The fraction of sp³-hybridized carbons (Fsp3) is 0.471. The summed E-state index contributed by atoms with van der Waals surface area (Å²) >= 11 is 0. The maximum absolute atomic E-state index is 11.1. The average molecular weight is 340 g/mol. The number of benzene rings is 1. The summed E-state index contributed by atoms with van der Waals surface area (Å²) in [4.78, 5) is 21.0. The summed E-state index contributed by atoms with van der Waals surface area (Å²) in [6, 6.07) is 4.83. The molecule has 130 valence electrons. The van der Waals surface area contributed by atoms with Crippen molar-refractivity contribution in [3.8, 4) is 0 Å². The highest BCUT2D eigenvalue weighted by Crippen LogP contribution is 2.42. The van der Waals surface area contributed by atoms with Gasteiger partial charge in [0.15, 0.2) is 0 Å². The quantitative estimate of drug-likeness (QED) is 0.505. The van der Waals surface area contributed by atoms with Gasteiger partial charge in [0.2, 0.25) is 5.90 Å². The van der Waals surface area contributed by atoms with Crippen LogP contribution < -0.4 is 0 Å². The van der Waals surface area contributed by atoms with Crippen molar-refractivity contribution in [2.75, 3.05) is 26.2 Å². The molecule has 1 atom stereocenters. The number of piperidine rings is 3. The van der Waals surface area contributed by atoms with E-state index >= 15 is 0 Å². The van der Waals surface area contributed by atoms with Crippen LogP contribution >= 0.6 is 0 Å². The summed E-state index contributed by atoms with van der Waals surface area (Å²) in [5.41, 5.74) is 1.56. The maximum Gasteiger partial charge on any atom is 0.270 e. The Morgan fingerprint density at radius 3 is 2.84 bits per heavy atom. The van der Waals surface area contributed by atoms with E-state index in [4.69, 9.17) is 4.74 Å². The molecule has 2 aromatic rings. The smallest absolute Gasteiger partial charge is 0.270 e. The minimum absolute atomic E-state index is 0. The van der Waals surface area contributed by atoms with Crippen LogP contribution in [0.15, 0.2) is 29.4 Å². The van der Waals surface area contributed by atoms with Crippen LogP contribution in [0, 0.1) is 16.0 Å². The van der Waals surface area contributed by atoms with Crippen LogP contribution in [-0.2, 0) is 4.74 Å². The van der Waals surface area contributed by atoms with Gasteiger partial charge < -0.3 is 9.72 Å². The van der Waals surface area contributed by atoms with Crippen LogP contribution in [0.3, 0.4) is 0 Å². The van der Waals surface area contributed by atoms with Gasteiger partial charge in [0.25, 0.3) is 5.69 Å². The SMILES string of the molecule is B.O=[N+]([O-])c1ccc2[nH]cc(C3=NCC4(CN5CCC4CC5)O3)c2c1. The summed E-state index contributed by atoms with van der Waals surface area (Å²) < 4.78 is 6.40. The number of aromatic amines is 1. The van der Waals surface area contributed by atoms with E-state index in [-0.39, 0.29) is 24.6 Å². The summed E-state index contributed by atoms with van der Waals surface area (Å²) in [5, 5.41) is 11.8. The van der Waals surface area contributed by atoms with Crippen LogP contribution in [0.2, 0.25) is 0 Å². The molecule has 0 amide bonds. The monoisotopic (exact) mass is 340 g/mol. The standard InChI is InChI=1S/C17H18N4O3.BH3/c22-21(23)12-1-2-15-13(7-12)14(8-18-15)16-19-9-17(24-16)10-20-5-3-11(17)4-6-20;/h1-2,7-8,11,18H,3-6,9-10H2;1H3. The van der Waals surface area contributed by atoms with E-state index in [0.29, 0.717) is 18.4 Å². The van der Waals surface area contributed by atoms with Crippen molar-refractivity contribution in [2.45, 2.75) is 18.4 Å². The van der Waals surface area contributed by atoms with Crippen molar-refractivity contribution < 1.29 is 9.66 Å².